The number of nitrogens with zero attached hydrogens (tertiary/aromatic N) is 2. The van der Waals surface area contributed by atoms with Gasteiger partial charge in [-0.2, -0.15) is 0 Å². The minimum Gasteiger partial charge on any atom is -0.340 e. The molecule has 3 N–H and O–H groups in total. The average molecular weight is 192 g/mol. The Balaban J connectivity index is 2.56. The quantitative estimate of drug-likeness (QED) is 0.420. The zero-order valence-electron chi connectivity index (χ0n) is 8.62. The summed E-state index contributed by atoms with van der Waals surface area (Å²) in [6.07, 6.45) is 5.45. The molecule has 76 valence electrons. The van der Waals surface area contributed by atoms with E-state index in [0.717, 1.165) is 18.5 Å². The van der Waals surface area contributed by atoms with E-state index in [1.165, 1.54) is 0 Å². The van der Waals surface area contributed by atoms with Crippen LogP contribution in [0.1, 0.15) is 31.5 Å². The van der Waals surface area contributed by atoms with Gasteiger partial charge < -0.3 is 4.57 Å². The zero-order chi connectivity index (χ0) is 10.4. The van der Waals surface area contributed by atoms with Gasteiger partial charge in [-0.1, -0.05) is 0 Å². The number of hydrogen-bond acceptors (Lipinski definition) is 3. The van der Waals surface area contributed by atoms with Crippen LogP contribution in [0.25, 0.3) is 0 Å². The molecule has 1 unspecified atom stereocenters. The number of rotatable bonds is 4. The highest BCUT2D eigenvalue weighted by atomic mass is 15.2. The van der Waals surface area contributed by atoms with E-state index in [1.807, 2.05) is 24.7 Å². The van der Waals surface area contributed by atoms with Crippen molar-refractivity contribution in [2.24, 2.45) is 12.9 Å². The number of hydrazine groups is 1. The minimum atomic E-state index is 0.0945. The van der Waals surface area contributed by atoms with Gasteiger partial charge in [0.2, 0.25) is 0 Å². The van der Waals surface area contributed by atoms with E-state index < -0.39 is 0 Å². The number of nitrogens with two attached hydrogens (primary N) is 1. The summed E-state index contributed by atoms with van der Waals surface area (Å²) in [7, 11) is 1.94. The summed E-state index contributed by atoms with van der Waals surface area (Å²) >= 11 is 0. The topological polar surface area (TPSA) is 55.9 Å². The van der Waals surface area contributed by atoms with Gasteiger partial charge in [0.05, 0.1) is 18.1 Å². The number of aromatic nitrogens is 2. The first-order valence-electron chi connectivity index (χ1n) is 4.61. The Morgan fingerprint density at radius 2 is 2.50 bits per heavy atom. The van der Waals surface area contributed by atoms with Crippen LogP contribution in [-0.2, 0) is 7.05 Å². The van der Waals surface area contributed by atoms with Gasteiger partial charge in [-0.3, -0.25) is 11.3 Å². The van der Waals surface area contributed by atoms with E-state index in [1.54, 1.807) is 6.33 Å². The van der Waals surface area contributed by atoms with E-state index in [-0.39, 0.29) is 6.04 Å². The second-order valence-corrected chi connectivity index (χ2v) is 3.15. The molecule has 1 aromatic heterocycles. The predicted octanol–water partition coefficient (Wildman–Crippen LogP) is 0.728. The maximum absolute atomic E-state index is 5.45. The van der Waals surface area contributed by atoms with Crippen molar-refractivity contribution in [2.45, 2.75) is 25.8 Å². The maximum Gasteiger partial charge on any atom is 0.0947 e. The van der Waals surface area contributed by atoms with E-state index >= 15 is 0 Å². The molecule has 0 aliphatic rings. The largest absolute Gasteiger partial charge is 0.340 e. The van der Waals surface area contributed by atoms with Crippen LogP contribution < -0.4 is 11.3 Å². The Morgan fingerprint density at radius 1 is 1.71 bits per heavy atom. The summed E-state index contributed by atoms with van der Waals surface area (Å²) in [5.74, 6) is 11.3. The van der Waals surface area contributed by atoms with E-state index in [9.17, 15) is 0 Å². The summed E-state index contributed by atoms with van der Waals surface area (Å²) in [5, 5.41) is 0. The molecule has 14 heavy (non-hydrogen) atoms. The minimum absolute atomic E-state index is 0.0945. The molecule has 0 spiro atoms. The van der Waals surface area contributed by atoms with Gasteiger partial charge in [0.1, 0.15) is 0 Å². The molecule has 0 saturated carbocycles. The van der Waals surface area contributed by atoms with Crippen molar-refractivity contribution in [1.82, 2.24) is 15.0 Å². The number of aryl methyl sites for hydroxylation is 1. The maximum atomic E-state index is 5.45. The molecule has 1 atom stereocenters. The van der Waals surface area contributed by atoms with Crippen molar-refractivity contribution in [1.29, 1.82) is 0 Å². The highest BCUT2D eigenvalue weighted by Crippen LogP contribution is 2.14. The second kappa shape index (κ2) is 5.43. The predicted molar refractivity (Wildman–Crippen MR) is 56.0 cm³/mol. The van der Waals surface area contributed by atoms with Crippen LogP contribution in [0.4, 0.5) is 0 Å². The summed E-state index contributed by atoms with van der Waals surface area (Å²) in [6, 6.07) is 0.0945. The van der Waals surface area contributed by atoms with Crippen molar-refractivity contribution >= 4 is 0 Å². The normalized spacial score (nSPS) is 11.9. The summed E-state index contributed by atoms with van der Waals surface area (Å²) in [6.45, 7) is 1.84. The van der Waals surface area contributed by atoms with Gasteiger partial charge in [-0.05, 0) is 13.3 Å². The van der Waals surface area contributed by atoms with Gasteiger partial charge in [0, 0.05) is 19.7 Å². The molecule has 4 heteroatoms. The summed E-state index contributed by atoms with van der Waals surface area (Å²) in [4.78, 5) is 4.24. The van der Waals surface area contributed by atoms with Crippen LogP contribution in [0, 0.1) is 11.8 Å². The lowest BCUT2D eigenvalue weighted by atomic mass is 10.1. The Bertz CT molecular complexity index is 331. The lowest BCUT2D eigenvalue weighted by molar-refractivity contribution is 0.513. The zero-order valence-corrected chi connectivity index (χ0v) is 8.62. The van der Waals surface area contributed by atoms with Crippen molar-refractivity contribution in [3.05, 3.63) is 18.2 Å². The molecule has 0 amide bonds. The molecule has 0 bridgehead atoms. The van der Waals surface area contributed by atoms with Crippen LogP contribution in [0.15, 0.2) is 12.5 Å². The van der Waals surface area contributed by atoms with Gasteiger partial charge in [0.25, 0.3) is 0 Å². The summed E-state index contributed by atoms with van der Waals surface area (Å²) in [5.41, 5.74) is 3.71. The molecule has 1 heterocycles. The molecule has 1 aromatic rings. The fraction of sp³-hybridized carbons (Fsp3) is 0.500. The first-order chi connectivity index (χ1) is 6.77. The standard InChI is InChI=1S/C10H16N4/c1-3-4-5-6-9(13-11)10-7-14(2)8-12-10/h7-9,13H,5-6,11H2,1-2H3. The Kier molecular flexibility index (Phi) is 4.17. The van der Waals surface area contributed by atoms with E-state index in [4.69, 9.17) is 5.84 Å². The molecule has 4 nitrogen and oxygen atoms in total. The Labute approximate surface area is 84.5 Å². The third kappa shape index (κ3) is 2.87. The summed E-state index contributed by atoms with van der Waals surface area (Å²) < 4.78 is 1.91. The van der Waals surface area contributed by atoms with Crippen LogP contribution in [0.2, 0.25) is 0 Å². The van der Waals surface area contributed by atoms with Crippen LogP contribution in [-0.4, -0.2) is 9.55 Å². The second-order valence-electron chi connectivity index (χ2n) is 3.15. The van der Waals surface area contributed by atoms with E-state index in [2.05, 4.69) is 22.3 Å². The molecule has 1 rings (SSSR count). The molecule has 0 radical (unpaired) electrons. The smallest absolute Gasteiger partial charge is 0.0947 e. The van der Waals surface area contributed by atoms with Crippen molar-refractivity contribution in [3.63, 3.8) is 0 Å². The molecule has 0 aromatic carbocycles. The highest BCUT2D eigenvalue weighted by Gasteiger charge is 2.10. The first-order valence-corrected chi connectivity index (χ1v) is 4.61. The fourth-order valence-corrected chi connectivity index (χ4v) is 1.27. The van der Waals surface area contributed by atoms with Crippen LogP contribution in [0.5, 0.6) is 0 Å². The molecular weight excluding hydrogens is 176 g/mol. The fourth-order valence-electron chi connectivity index (χ4n) is 1.27. The van der Waals surface area contributed by atoms with Crippen LogP contribution in [0.3, 0.4) is 0 Å². The van der Waals surface area contributed by atoms with Gasteiger partial charge in [0.15, 0.2) is 0 Å². The van der Waals surface area contributed by atoms with Gasteiger partial charge in [-0.25, -0.2) is 4.98 Å². The van der Waals surface area contributed by atoms with Gasteiger partial charge >= 0.3 is 0 Å². The molecule has 0 aliphatic carbocycles. The van der Waals surface area contributed by atoms with Gasteiger partial charge in [-0.15, -0.1) is 11.8 Å². The lowest BCUT2D eigenvalue weighted by Gasteiger charge is -2.10. The average Bonchev–Trinajstić information content (AvgIpc) is 2.60. The van der Waals surface area contributed by atoms with Crippen LogP contribution >= 0.6 is 0 Å². The molecule has 0 fully saturated rings. The third-order valence-electron chi connectivity index (χ3n) is 2.02. The van der Waals surface area contributed by atoms with Crippen molar-refractivity contribution in [3.8, 4) is 11.8 Å². The third-order valence-corrected chi connectivity index (χ3v) is 2.02. The highest BCUT2D eigenvalue weighted by molar-refractivity contribution is 5.05. The van der Waals surface area contributed by atoms with Crippen molar-refractivity contribution in [2.75, 3.05) is 0 Å². The number of nitrogens with one attached hydrogen (secondary N) is 1. The Morgan fingerprint density at radius 3 is 3.00 bits per heavy atom. The molecule has 0 aliphatic heterocycles. The molecule has 0 saturated heterocycles. The lowest BCUT2D eigenvalue weighted by Crippen LogP contribution is -2.28. The monoisotopic (exact) mass is 192 g/mol. The Hall–Kier alpha value is -1.31. The first kappa shape index (κ1) is 10.8. The SMILES string of the molecule is CC#CCCC(NN)c1cn(C)cn1. The van der Waals surface area contributed by atoms with Crippen molar-refractivity contribution < 1.29 is 0 Å². The number of imidazole rings is 1. The van der Waals surface area contributed by atoms with E-state index in [0.29, 0.717) is 0 Å². The number of hydrogen-bond donors (Lipinski definition) is 2. The molecular formula is C10H16N4.